The molecule has 3 aromatic rings. The van der Waals surface area contributed by atoms with Crippen molar-refractivity contribution in [3.05, 3.63) is 81.1 Å². The Bertz CT molecular complexity index is 1320. The van der Waals surface area contributed by atoms with E-state index in [1.165, 1.54) is 21.7 Å². The van der Waals surface area contributed by atoms with E-state index in [2.05, 4.69) is 17.0 Å². The van der Waals surface area contributed by atoms with Crippen molar-refractivity contribution >= 4 is 63.5 Å². The van der Waals surface area contributed by atoms with Gasteiger partial charge in [0.2, 0.25) is 0 Å². The second-order valence-electron chi connectivity index (χ2n) is 8.10. The molecule has 2 aliphatic heterocycles. The third-order valence-electron chi connectivity index (χ3n) is 5.90. The Morgan fingerprint density at radius 2 is 1.79 bits per heavy atom. The highest BCUT2D eigenvalue weighted by atomic mass is 32.2. The van der Waals surface area contributed by atoms with Crippen LogP contribution in [0.4, 0.5) is 5.82 Å². The van der Waals surface area contributed by atoms with Crippen LogP contribution in [-0.4, -0.2) is 55.7 Å². The zero-order chi connectivity index (χ0) is 23.5. The van der Waals surface area contributed by atoms with E-state index in [-0.39, 0.29) is 11.5 Å². The molecule has 2 saturated heterocycles. The topological polar surface area (TPSA) is 57.9 Å². The van der Waals surface area contributed by atoms with E-state index in [9.17, 15) is 9.59 Å². The van der Waals surface area contributed by atoms with Crippen LogP contribution in [0.5, 0.6) is 0 Å². The summed E-state index contributed by atoms with van der Waals surface area (Å²) in [4.78, 5) is 35.8. The molecule has 0 bridgehead atoms. The molecule has 0 unspecified atom stereocenters. The summed E-state index contributed by atoms with van der Waals surface area (Å²) >= 11 is 8.68. The first-order chi connectivity index (χ1) is 16.6. The van der Waals surface area contributed by atoms with Crippen LogP contribution in [0.25, 0.3) is 11.7 Å². The molecule has 2 aromatic heterocycles. The molecule has 0 spiro atoms. The van der Waals surface area contributed by atoms with Gasteiger partial charge in [0.05, 0.1) is 10.5 Å². The van der Waals surface area contributed by atoms with Crippen molar-refractivity contribution in [3.8, 4) is 0 Å². The first kappa shape index (κ1) is 23.1. The number of amides is 1. The molecule has 0 saturated carbocycles. The van der Waals surface area contributed by atoms with Crippen LogP contribution in [0.2, 0.25) is 0 Å². The van der Waals surface area contributed by atoms with Crippen LogP contribution in [0.15, 0.2) is 64.4 Å². The Morgan fingerprint density at radius 1 is 1.03 bits per heavy atom. The smallest absolute Gasteiger partial charge is 0.267 e. The van der Waals surface area contributed by atoms with Crippen LogP contribution in [0, 0.1) is 0 Å². The molecule has 0 atom stereocenters. The first-order valence-corrected chi connectivity index (χ1v) is 13.6. The number of aromatic nitrogens is 2. The van der Waals surface area contributed by atoms with E-state index in [0.717, 1.165) is 37.4 Å². The van der Waals surface area contributed by atoms with E-state index in [1.54, 1.807) is 17.2 Å². The molecule has 1 amide bonds. The molecule has 0 aliphatic carbocycles. The summed E-state index contributed by atoms with van der Waals surface area (Å²) in [5.41, 5.74) is 2.11. The number of rotatable bonds is 6. The minimum absolute atomic E-state index is 0.138. The van der Waals surface area contributed by atoms with Crippen molar-refractivity contribution in [2.75, 3.05) is 36.0 Å². The summed E-state index contributed by atoms with van der Waals surface area (Å²) in [5.74, 6) is 2.48. The van der Waals surface area contributed by atoms with Gasteiger partial charge in [-0.05, 0) is 36.6 Å². The lowest BCUT2D eigenvalue weighted by Gasteiger charge is -2.28. The van der Waals surface area contributed by atoms with Crippen LogP contribution < -0.4 is 10.5 Å². The zero-order valence-corrected chi connectivity index (χ0v) is 21.0. The molecular formula is C25H24N4O2S3. The summed E-state index contributed by atoms with van der Waals surface area (Å²) < 4.78 is 2.07. The average molecular weight is 509 g/mol. The molecule has 1 aromatic carbocycles. The predicted octanol–water partition coefficient (Wildman–Crippen LogP) is 4.08. The lowest BCUT2D eigenvalue weighted by atomic mass is 10.1. The van der Waals surface area contributed by atoms with Crippen molar-refractivity contribution in [1.29, 1.82) is 0 Å². The quantitative estimate of drug-likeness (QED) is 0.367. The van der Waals surface area contributed by atoms with Crippen LogP contribution in [0.1, 0.15) is 17.5 Å². The molecule has 6 nitrogen and oxygen atoms in total. The molecule has 9 heteroatoms. The minimum Gasteiger partial charge on any atom is -0.354 e. The lowest BCUT2D eigenvalue weighted by Crippen LogP contribution is -2.36. The summed E-state index contributed by atoms with van der Waals surface area (Å²) in [6.07, 6.45) is 5.11. The van der Waals surface area contributed by atoms with Crippen molar-refractivity contribution < 1.29 is 4.79 Å². The molecule has 34 heavy (non-hydrogen) atoms. The molecule has 174 valence electrons. The van der Waals surface area contributed by atoms with Gasteiger partial charge in [-0.1, -0.05) is 60.4 Å². The van der Waals surface area contributed by atoms with E-state index in [4.69, 9.17) is 17.2 Å². The number of carbonyl (C=O) groups is 1. The van der Waals surface area contributed by atoms with E-state index in [1.807, 2.05) is 48.2 Å². The molecule has 5 rings (SSSR count). The fraction of sp³-hybridized carbons (Fsp3) is 0.280. The minimum atomic E-state index is -0.173. The second-order valence-corrected chi connectivity index (χ2v) is 11.0. The number of carbonyl (C=O) groups excluding carboxylic acids is 1. The van der Waals surface area contributed by atoms with Gasteiger partial charge in [-0.15, -0.1) is 0 Å². The summed E-state index contributed by atoms with van der Waals surface area (Å²) in [6, 6.07) is 15.7. The maximum absolute atomic E-state index is 13.5. The SMILES string of the molecule is O=C1C(=Cc2c(N3CCSCC3)nc3ccccn3c2=O)SC(=S)N1CCCc1ccccc1. The van der Waals surface area contributed by atoms with Gasteiger partial charge in [0.25, 0.3) is 11.5 Å². The third-order valence-corrected chi connectivity index (χ3v) is 8.22. The summed E-state index contributed by atoms with van der Waals surface area (Å²) in [5, 5.41) is 0. The highest BCUT2D eigenvalue weighted by Gasteiger charge is 2.32. The average Bonchev–Trinajstić information content (AvgIpc) is 3.14. The number of hydrogen-bond donors (Lipinski definition) is 0. The van der Waals surface area contributed by atoms with E-state index < -0.39 is 0 Å². The maximum atomic E-state index is 13.5. The Labute approximate surface area is 212 Å². The Balaban J connectivity index is 1.44. The largest absolute Gasteiger partial charge is 0.354 e. The van der Waals surface area contributed by atoms with Gasteiger partial charge in [-0.25, -0.2) is 4.98 Å². The van der Waals surface area contributed by atoms with Crippen molar-refractivity contribution in [2.45, 2.75) is 12.8 Å². The van der Waals surface area contributed by atoms with Gasteiger partial charge in [0.15, 0.2) is 0 Å². The van der Waals surface area contributed by atoms with Crippen LogP contribution >= 0.6 is 35.7 Å². The number of benzene rings is 1. The highest BCUT2D eigenvalue weighted by Crippen LogP contribution is 2.34. The third kappa shape index (κ3) is 4.78. The first-order valence-electron chi connectivity index (χ1n) is 11.3. The highest BCUT2D eigenvalue weighted by molar-refractivity contribution is 8.26. The van der Waals surface area contributed by atoms with Crippen molar-refractivity contribution in [2.24, 2.45) is 0 Å². The normalized spacial score (nSPS) is 17.8. The number of thioether (sulfide) groups is 2. The van der Waals surface area contributed by atoms with Crippen molar-refractivity contribution in [3.63, 3.8) is 0 Å². The number of fused-ring (bicyclic) bond motifs is 1. The zero-order valence-electron chi connectivity index (χ0n) is 18.6. The van der Waals surface area contributed by atoms with Gasteiger partial charge in [-0.2, -0.15) is 11.8 Å². The van der Waals surface area contributed by atoms with Gasteiger partial charge < -0.3 is 4.90 Å². The molecular weight excluding hydrogens is 485 g/mol. The fourth-order valence-electron chi connectivity index (χ4n) is 4.14. The van der Waals surface area contributed by atoms with Gasteiger partial charge in [0, 0.05) is 37.3 Å². The second kappa shape index (κ2) is 10.3. The molecule has 0 radical (unpaired) electrons. The van der Waals surface area contributed by atoms with E-state index in [0.29, 0.717) is 32.8 Å². The lowest BCUT2D eigenvalue weighted by molar-refractivity contribution is -0.122. The number of aryl methyl sites for hydroxylation is 1. The number of nitrogens with zero attached hydrogens (tertiary/aromatic N) is 4. The van der Waals surface area contributed by atoms with Gasteiger partial charge >= 0.3 is 0 Å². The Hall–Kier alpha value is -2.62. The Morgan fingerprint density at radius 3 is 2.59 bits per heavy atom. The summed E-state index contributed by atoms with van der Waals surface area (Å²) in [7, 11) is 0. The molecule has 4 heterocycles. The molecule has 2 aliphatic rings. The number of thiocarbonyl (C=S) groups is 1. The number of pyridine rings is 1. The van der Waals surface area contributed by atoms with Gasteiger partial charge in [-0.3, -0.25) is 18.9 Å². The molecule has 2 fully saturated rings. The standard InChI is InChI=1S/C25H24N4O2S3/c30-23-19(22(27-13-15-33-16-14-27)26-21-10-4-5-11-28(21)23)17-20-24(31)29(25(32)34-20)12-6-9-18-7-2-1-3-8-18/h1-5,7-8,10-11,17H,6,9,12-16H2. The van der Waals surface area contributed by atoms with Crippen LogP contribution in [-0.2, 0) is 11.2 Å². The molecule has 0 N–H and O–H groups in total. The Kier molecular flexibility index (Phi) is 7.03. The van der Waals surface area contributed by atoms with Crippen molar-refractivity contribution in [1.82, 2.24) is 14.3 Å². The predicted molar refractivity (Wildman–Crippen MR) is 146 cm³/mol. The van der Waals surface area contributed by atoms with Gasteiger partial charge in [0.1, 0.15) is 15.8 Å². The van der Waals surface area contributed by atoms with E-state index >= 15 is 0 Å². The summed E-state index contributed by atoms with van der Waals surface area (Å²) in [6.45, 7) is 2.20. The monoisotopic (exact) mass is 508 g/mol. The fourth-order valence-corrected chi connectivity index (χ4v) is 6.34. The maximum Gasteiger partial charge on any atom is 0.267 e. The van der Waals surface area contributed by atoms with Crippen LogP contribution in [0.3, 0.4) is 0 Å². The number of hydrogen-bond acceptors (Lipinski definition) is 7. The number of anilines is 1.